The summed E-state index contributed by atoms with van der Waals surface area (Å²) < 4.78 is 11.2. The van der Waals surface area contributed by atoms with Gasteiger partial charge in [0, 0.05) is 50.2 Å². The average Bonchev–Trinajstić information content (AvgIpc) is 2.78. The van der Waals surface area contributed by atoms with Crippen LogP contribution in [0.15, 0.2) is 54.9 Å². The molecule has 7 nitrogen and oxygen atoms in total. The zero-order valence-electron chi connectivity index (χ0n) is 17.4. The highest BCUT2D eigenvalue weighted by molar-refractivity contribution is 5.98. The summed E-state index contributed by atoms with van der Waals surface area (Å²) in [7, 11) is 1.65. The van der Waals surface area contributed by atoms with Crippen molar-refractivity contribution in [2.75, 3.05) is 26.7 Å². The zero-order chi connectivity index (χ0) is 21.2. The van der Waals surface area contributed by atoms with E-state index in [0.717, 1.165) is 53.5 Å². The van der Waals surface area contributed by atoms with E-state index in [1.807, 2.05) is 47.4 Å². The van der Waals surface area contributed by atoms with Crippen LogP contribution in [-0.2, 0) is 13.0 Å². The molecule has 2 aromatic heterocycles. The lowest BCUT2D eigenvalue weighted by molar-refractivity contribution is 0.0727. The summed E-state index contributed by atoms with van der Waals surface area (Å²) in [5.41, 5.74) is 4.21. The number of amides is 1. The molecule has 0 spiro atoms. The molecule has 4 heterocycles. The molecule has 1 fully saturated rings. The second kappa shape index (κ2) is 8.35. The van der Waals surface area contributed by atoms with Gasteiger partial charge in [0.2, 0.25) is 0 Å². The second-order valence-electron chi connectivity index (χ2n) is 7.79. The summed E-state index contributed by atoms with van der Waals surface area (Å²) in [5.74, 6) is 1.61. The minimum absolute atomic E-state index is 0.0219. The number of methoxy groups -OCH3 is 1. The number of carbonyl (C=O) groups excluding carboxylic acids is 1. The van der Waals surface area contributed by atoms with Crippen molar-refractivity contribution in [3.8, 4) is 22.9 Å². The Morgan fingerprint density at radius 2 is 1.87 bits per heavy atom. The summed E-state index contributed by atoms with van der Waals surface area (Å²) in [6, 6.07) is 13.4. The predicted molar refractivity (Wildman–Crippen MR) is 116 cm³/mol. The van der Waals surface area contributed by atoms with Gasteiger partial charge in [0.05, 0.1) is 18.5 Å². The first-order valence-corrected chi connectivity index (χ1v) is 10.4. The quantitative estimate of drug-likeness (QED) is 0.666. The molecule has 1 saturated heterocycles. The minimum atomic E-state index is 0.0219. The van der Waals surface area contributed by atoms with Crippen molar-refractivity contribution in [2.24, 2.45) is 0 Å². The fourth-order valence-corrected chi connectivity index (χ4v) is 3.94. The number of fused-ring (bicyclic) bond motifs is 1. The van der Waals surface area contributed by atoms with Gasteiger partial charge in [-0.05, 0) is 41.8 Å². The van der Waals surface area contributed by atoms with Crippen molar-refractivity contribution < 1.29 is 14.3 Å². The van der Waals surface area contributed by atoms with Crippen LogP contribution in [0.1, 0.15) is 21.5 Å². The molecular weight excluding hydrogens is 392 g/mol. The molecule has 2 aliphatic rings. The third-order valence-electron chi connectivity index (χ3n) is 5.76. The van der Waals surface area contributed by atoms with E-state index in [4.69, 9.17) is 9.47 Å². The molecule has 7 heteroatoms. The van der Waals surface area contributed by atoms with Crippen molar-refractivity contribution in [3.05, 3.63) is 71.5 Å². The molecule has 0 bridgehead atoms. The molecule has 5 rings (SSSR count). The van der Waals surface area contributed by atoms with Crippen LogP contribution in [-0.4, -0.2) is 53.6 Å². The van der Waals surface area contributed by atoms with Gasteiger partial charge in [-0.15, -0.1) is 0 Å². The van der Waals surface area contributed by atoms with Crippen LogP contribution in [0.2, 0.25) is 0 Å². The van der Waals surface area contributed by atoms with Crippen LogP contribution in [0.5, 0.6) is 11.5 Å². The van der Waals surface area contributed by atoms with Gasteiger partial charge in [-0.1, -0.05) is 12.1 Å². The monoisotopic (exact) mass is 416 g/mol. The fraction of sp³-hybridized carbons (Fsp3) is 0.292. The molecule has 3 aromatic rings. The molecule has 0 unspecified atom stereocenters. The molecule has 0 aliphatic carbocycles. The Morgan fingerprint density at radius 1 is 1.06 bits per heavy atom. The van der Waals surface area contributed by atoms with Crippen molar-refractivity contribution in [2.45, 2.75) is 19.1 Å². The Balaban J connectivity index is 1.38. The van der Waals surface area contributed by atoms with Crippen LogP contribution >= 0.6 is 0 Å². The van der Waals surface area contributed by atoms with E-state index in [9.17, 15) is 4.79 Å². The van der Waals surface area contributed by atoms with E-state index >= 15 is 0 Å². The summed E-state index contributed by atoms with van der Waals surface area (Å²) in [5, 5.41) is 3.20. The molecule has 31 heavy (non-hydrogen) atoms. The Bertz CT molecular complexity index is 1100. The highest BCUT2D eigenvalue weighted by Crippen LogP contribution is 2.30. The second-order valence-corrected chi connectivity index (χ2v) is 7.79. The zero-order valence-corrected chi connectivity index (χ0v) is 17.4. The van der Waals surface area contributed by atoms with Crippen molar-refractivity contribution in [3.63, 3.8) is 0 Å². The van der Waals surface area contributed by atoms with E-state index in [1.165, 1.54) is 0 Å². The van der Waals surface area contributed by atoms with E-state index in [0.29, 0.717) is 18.7 Å². The van der Waals surface area contributed by atoms with Gasteiger partial charge >= 0.3 is 0 Å². The number of hydrogen-bond donors (Lipinski definition) is 1. The molecule has 0 atom stereocenters. The number of pyridine rings is 2. The number of ether oxygens (including phenoxy) is 2. The van der Waals surface area contributed by atoms with E-state index < -0.39 is 0 Å². The van der Waals surface area contributed by atoms with Crippen LogP contribution < -0.4 is 14.8 Å². The molecule has 1 N–H and O–H groups in total. The number of carbonyl (C=O) groups is 1. The summed E-state index contributed by atoms with van der Waals surface area (Å²) in [6.07, 6.45) is 4.35. The first kappa shape index (κ1) is 19.5. The Morgan fingerprint density at radius 3 is 2.61 bits per heavy atom. The van der Waals surface area contributed by atoms with Crippen LogP contribution in [0, 0.1) is 0 Å². The molecule has 158 valence electrons. The minimum Gasteiger partial charge on any atom is -0.497 e. The molecule has 0 radical (unpaired) electrons. The van der Waals surface area contributed by atoms with Gasteiger partial charge < -0.3 is 19.7 Å². The van der Waals surface area contributed by atoms with Crippen LogP contribution in [0.25, 0.3) is 11.4 Å². The van der Waals surface area contributed by atoms with Crippen molar-refractivity contribution in [1.29, 1.82) is 0 Å². The maximum atomic E-state index is 13.2. The molecule has 1 amide bonds. The number of rotatable bonds is 6. The van der Waals surface area contributed by atoms with Gasteiger partial charge in [0.25, 0.3) is 5.91 Å². The standard InChI is InChI=1S/C24H24N4O3/c1-30-17-4-2-16(3-5-17)15-28-11-8-20-21(24(28)29)7-10-27-23(20)22-12-18(6-9-26-22)31-19-13-25-14-19/h2-7,9-10,12,19,25H,8,11,13-15H2,1H3. The molecule has 1 aromatic carbocycles. The number of nitrogens with one attached hydrogen (secondary N) is 1. The van der Waals surface area contributed by atoms with Gasteiger partial charge in [-0.3, -0.25) is 14.8 Å². The number of nitrogens with zero attached hydrogens (tertiary/aromatic N) is 3. The van der Waals surface area contributed by atoms with Gasteiger partial charge in [-0.2, -0.15) is 0 Å². The Labute approximate surface area is 181 Å². The summed E-state index contributed by atoms with van der Waals surface area (Å²) >= 11 is 0. The van der Waals surface area contributed by atoms with Crippen molar-refractivity contribution >= 4 is 5.91 Å². The topological polar surface area (TPSA) is 76.6 Å². The highest BCUT2D eigenvalue weighted by Gasteiger charge is 2.28. The third-order valence-corrected chi connectivity index (χ3v) is 5.76. The lowest BCUT2D eigenvalue weighted by atomic mass is 9.96. The third kappa shape index (κ3) is 3.96. The number of benzene rings is 1. The normalized spacial score (nSPS) is 15.9. The van der Waals surface area contributed by atoms with E-state index in [-0.39, 0.29) is 12.0 Å². The molecular formula is C24H24N4O3. The first-order valence-electron chi connectivity index (χ1n) is 10.4. The maximum absolute atomic E-state index is 13.2. The van der Waals surface area contributed by atoms with Gasteiger partial charge in [0.1, 0.15) is 17.6 Å². The highest BCUT2D eigenvalue weighted by atomic mass is 16.5. The Kier molecular flexibility index (Phi) is 5.26. The SMILES string of the molecule is COc1ccc(CN2CCc3c(ccnc3-c3cc(OC4CNC4)ccn3)C2=O)cc1. The fourth-order valence-electron chi connectivity index (χ4n) is 3.94. The van der Waals surface area contributed by atoms with Crippen LogP contribution in [0.3, 0.4) is 0 Å². The molecule has 0 saturated carbocycles. The summed E-state index contributed by atoms with van der Waals surface area (Å²) in [4.78, 5) is 24.2. The van der Waals surface area contributed by atoms with Gasteiger partial charge in [-0.25, -0.2) is 0 Å². The van der Waals surface area contributed by atoms with Gasteiger partial charge in [0.15, 0.2) is 0 Å². The predicted octanol–water partition coefficient (Wildman–Crippen LogP) is 2.70. The summed E-state index contributed by atoms with van der Waals surface area (Å²) in [6.45, 7) is 2.92. The smallest absolute Gasteiger partial charge is 0.254 e. The largest absolute Gasteiger partial charge is 0.497 e. The molecule has 2 aliphatic heterocycles. The first-order chi connectivity index (χ1) is 15.2. The maximum Gasteiger partial charge on any atom is 0.254 e. The van der Waals surface area contributed by atoms with E-state index in [1.54, 1.807) is 19.5 Å². The average molecular weight is 416 g/mol. The number of aromatic nitrogens is 2. The lowest BCUT2D eigenvalue weighted by Gasteiger charge is -2.30. The van der Waals surface area contributed by atoms with E-state index in [2.05, 4.69) is 15.3 Å². The Hall–Kier alpha value is -3.45. The van der Waals surface area contributed by atoms with Crippen molar-refractivity contribution in [1.82, 2.24) is 20.2 Å². The lowest BCUT2D eigenvalue weighted by Crippen LogP contribution is -2.50. The van der Waals surface area contributed by atoms with Crippen LogP contribution in [0.4, 0.5) is 0 Å². The number of hydrogen-bond acceptors (Lipinski definition) is 6.